The molecule has 0 aliphatic heterocycles. The second-order valence-corrected chi connectivity index (χ2v) is 3.14. The van der Waals surface area contributed by atoms with E-state index in [0.29, 0.717) is 22.3 Å². The van der Waals surface area contributed by atoms with Gasteiger partial charge in [-0.1, -0.05) is 5.92 Å². The summed E-state index contributed by atoms with van der Waals surface area (Å²) >= 11 is 0. The first-order valence-corrected chi connectivity index (χ1v) is 4.48. The largest absolute Gasteiger partial charge is 0.459 e. The quantitative estimate of drug-likeness (QED) is 0.703. The minimum atomic E-state index is -0.0970. The van der Waals surface area contributed by atoms with Crippen molar-refractivity contribution in [2.24, 2.45) is 5.73 Å². The Hall–Kier alpha value is -2.05. The van der Waals surface area contributed by atoms with Gasteiger partial charge in [0.05, 0.1) is 11.9 Å². The summed E-state index contributed by atoms with van der Waals surface area (Å²) < 4.78 is 5.41. The van der Waals surface area contributed by atoms with Crippen molar-refractivity contribution in [3.63, 3.8) is 0 Å². The number of fused-ring (bicyclic) bond motifs is 1. The van der Waals surface area contributed by atoms with Gasteiger partial charge in [-0.2, -0.15) is 0 Å². The van der Waals surface area contributed by atoms with Crippen molar-refractivity contribution >= 4 is 11.0 Å². The van der Waals surface area contributed by atoms with Crippen molar-refractivity contribution in [1.29, 1.82) is 0 Å². The molecular formula is C12H9NO2. The number of benzene rings is 1. The molecule has 15 heavy (non-hydrogen) atoms. The summed E-state index contributed by atoms with van der Waals surface area (Å²) in [5.74, 6) is 2.94. The minimum Gasteiger partial charge on any atom is -0.459 e. The van der Waals surface area contributed by atoms with Gasteiger partial charge in [-0.05, 0) is 18.2 Å². The van der Waals surface area contributed by atoms with Crippen LogP contribution in [0.15, 0.2) is 33.5 Å². The van der Waals surface area contributed by atoms with Crippen molar-refractivity contribution in [3.05, 3.63) is 45.8 Å². The molecule has 1 heterocycles. The zero-order valence-electron chi connectivity index (χ0n) is 7.99. The molecule has 0 atom stereocenters. The summed E-state index contributed by atoms with van der Waals surface area (Å²) in [4.78, 5) is 11.6. The second kappa shape index (κ2) is 3.60. The van der Waals surface area contributed by atoms with E-state index in [4.69, 9.17) is 16.6 Å². The predicted molar refractivity (Wildman–Crippen MR) is 58.3 cm³/mol. The molecule has 3 heteroatoms. The molecule has 0 amide bonds. The molecule has 1 aromatic heterocycles. The lowest BCUT2D eigenvalue weighted by atomic mass is 10.1. The average molecular weight is 199 g/mol. The van der Waals surface area contributed by atoms with Crippen LogP contribution in [0.5, 0.6) is 0 Å². The van der Waals surface area contributed by atoms with Gasteiger partial charge in [0.1, 0.15) is 11.3 Å². The number of terminal acetylenes is 1. The van der Waals surface area contributed by atoms with Crippen LogP contribution in [-0.4, -0.2) is 0 Å². The van der Waals surface area contributed by atoms with Crippen LogP contribution in [0, 0.1) is 12.3 Å². The molecule has 2 N–H and O–H groups in total. The van der Waals surface area contributed by atoms with E-state index >= 15 is 0 Å². The summed E-state index contributed by atoms with van der Waals surface area (Å²) in [5.41, 5.74) is 6.48. The Kier molecular flexibility index (Phi) is 2.28. The first-order valence-electron chi connectivity index (χ1n) is 4.48. The van der Waals surface area contributed by atoms with E-state index in [-0.39, 0.29) is 12.0 Å². The summed E-state index contributed by atoms with van der Waals surface area (Å²) in [5, 5.41) is 0.520. The predicted octanol–water partition coefficient (Wildman–Crippen LogP) is 1.23. The Balaban J connectivity index is 2.82. The fourth-order valence-corrected chi connectivity index (χ4v) is 1.40. The third kappa shape index (κ3) is 1.63. The fraction of sp³-hybridized carbons (Fsp3) is 0.0833. The van der Waals surface area contributed by atoms with Crippen molar-refractivity contribution < 1.29 is 4.42 Å². The number of hydrogen-bond acceptors (Lipinski definition) is 3. The van der Waals surface area contributed by atoms with Gasteiger partial charge in [0.25, 0.3) is 0 Å². The molecule has 0 saturated carbocycles. The van der Waals surface area contributed by atoms with Crippen LogP contribution in [0.1, 0.15) is 11.3 Å². The van der Waals surface area contributed by atoms with Crippen molar-refractivity contribution in [3.8, 4) is 12.3 Å². The molecule has 0 aliphatic rings. The molecule has 0 aliphatic carbocycles. The van der Waals surface area contributed by atoms with E-state index in [1.54, 1.807) is 18.2 Å². The van der Waals surface area contributed by atoms with Crippen molar-refractivity contribution in [1.82, 2.24) is 0 Å². The molecule has 1 aromatic carbocycles. The molecule has 0 radical (unpaired) electrons. The van der Waals surface area contributed by atoms with E-state index in [1.807, 2.05) is 0 Å². The standard InChI is InChI=1S/C12H9NO2/c1-2-8-3-4-10-11(14)6-9(7-13)15-12(10)5-8/h1,3-6H,7,13H2. The lowest BCUT2D eigenvalue weighted by Crippen LogP contribution is -2.05. The maximum Gasteiger partial charge on any atom is 0.192 e. The topological polar surface area (TPSA) is 56.2 Å². The highest BCUT2D eigenvalue weighted by atomic mass is 16.3. The first-order chi connectivity index (χ1) is 7.24. The van der Waals surface area contributed by atoms with Gasteiger partial charge in [-0.15, -0.1) is 6.42 Å². The molecule has 0 unspecified atom stereocenters. The van der Waals surface area contributed by atoms with Gasteiger partial charge in [-0.25, -0.2) is 0 Å². The fourth-order valence-electron chi connectivity index (χ4n) is 1.40. The summed E-state index contributed by atoms with van der Waals surface area (Å²) in [6.45, 7) is 0.200. The highest BCUT2D eigenvalue weighted by Crippen LogP contribution is 2.13. The van der Waals surface area contributed by atoms with Gasteiger partial charge in [0, 0.05) is 11.6 Å². The summed E-state index contributed by atoms with van der Waals surface area (Å²) in [7, 11) is 0. The van der Waals surface area contributed by atoms with Gasteiger partial charge in [0.15, 0.2) is 5.43 Å². The lowest BCUT2D eigenvalue weighted by Gasteiger charge is -2.00. The third-order valence-electron chi connectivity index (χ3n) is 2.15. The van der Waals surface area contributed by atoms with Crippen LogP contribution in [-0.2, 0) is 6.54 Å². The zero-order valence-corrected chi connectivity index (χ0v) is 7.99. The number of hydrogen-bond donors (Lipinski definition) is 1. The van der Waals surface area contributed by atoms with Crippen LogP contribution >= 0.6 is 0 Å². The van der Waals surface area contributed by atoms with E-state index < -0.39 is 0 Å². The molecule has 2 aromatic rings. The SMILES string of the molecule is C#Cc1ccc2c(=O)cc(CN)oc2c1. The van der Waals surface area contributed by atoms with Crippen LogP contribution in [0.3, 0.4) is 0 Å². The van der Waals surface area contributed by atoms with Gasteiger partial charge in [0.2, 0.25) is 0 Å². The molecular weight excluding hydrogens is 190 g/mol. The lowest BCUT2D eigenvalue weighted by molar-refractivity contribution is 0.539. The Morgan fingerprint density at radius 3 is 2.87 bits per heavy atom. The van der Waals surface area contributed by atoms with Crippen LogP contribution < -0.4 is 11.2 Å². The Bertz CT molecular complexity index is 605. The summed E-state index contributed by atoms with van der Waals surface area (Å²) in [6.07, 6.45) is 5.25. The molecule has 3 nitrogen and oxygen atoms in total. The van der Waals surface area contributed by atoms with Crippen molar-refractivity contribution in [2.45, 2.75) is 6.54 Å². The second-order valence-electron chi connectivity index (χ2n) is 3.14. The number of nitrogens with two attached hydrogens (primary N) is 1. The summed E-state index contributed by atoms with van der Waals surface area (Å²) in [6, 6.07) is 6.44. The molecule has 0 fully saturated rings. The third-order valence-corrected chi connectivity index (χ3v) is 2.15. The van der Waals surface area contributed by atoms with Crippen LogP contribution in [0.2, 0.25) is 0 Å². The van der Waals surface area contributed by atoms with Gasteiger partial charge < -0.3 is 10.2 Å². The molecule has 0 spiro atoms. The zero-order chi connectivity index (χ0) is 10.8. The normalized spacial score (nSPS) is 10.1. The molecule has 0 saturated heterocycles. The van der Waals surface area contributed by atoms with E-state index in [2.05, 4.69) is 5.92 Å². The van der Waals surface area contributed by atoms with E-state index in [1.165, 1.54) is 6.07 Å². The van der Waals surface area contributed by atoms with Crippen molar-refractivity contribution in [2.75, 3.05) is 0 Å². The van der Waals surface area contributed by atoms with Gasteiger partial charge in [-0.3, -0.25) is 4.79 Å². The molecule has 74 valence electrons. The monoisotopic (exact) mass is 199 g/mol. The Morgan fingerprint density at radius 2 is 2.20 bits per heavy atom. The molecule has 0 bridgehead atoms. The maximum atomic E-state index is 11.6. The smallest absolute Gasteiger partial charge is 0.192 e. The average Bonchev–Trinajstić information content (AvgIpc) is 2.28. The molecule has 2 rings (SSSR count). The minimum absolute atomic E-state index is 0.0970. The van der Waals surface area contributed by atoms with Crippen LogP contribution in [0.4, 0.5) is 0 Å². The first kappa shape index (κ1) is 9.50. The van der Waals surface area contributed by atoms with Crippen LogP contribution in [0.25, 0.3) is 11.0 Å². The van der Waals surface area contributed by atoms with E-state index in [0.717, 1.165) is 0 Å². The van der Waals surface area contributed by atoms with E-state index in [9.17, 15) is 4.79 Å². The maximum absolute atomic E-state index is 11.6. The Labute approximate surface area is 86.5 Å². The van der Waals surface area contributed by atoms with Gasteiger partial charge >= 0.3 is 0 Å². The highest BCUT2D eigenvalue weighted by Gasteiger charge is 2.03. The Morgan fingerprint density at radius 1 is 1.40 bits per heavy atom. The highest BCUT2D eigenvalue weighted by molar-refractivity contribution is 5.78. The number of rotatable bonds is 1.